The van der Waals surface area contributed by atoms with E-state index in [9.17, 15) is 4.79 Å². The number of unbranched alkanes of at least 4 members (excludes halogenated alkanes) is 1. The van der Waals surface area contributed by atoms with E-state index in [-0.39, 0.29) is 11.8 Å². The van der Waals surface area contributed by atoms with Crippen LogP contribution in [-0.4, -0.2) is 29.2 Å². The summed E-state index contributed by atoms with van der Waals surface area (Å²) >= 11 is 0. The van der Waals surface area contributed by atoms with Crippen LogP contribution in [0.5, 0.6) is 11.5 Å². The molecule has 4 rings (SSSR count). The van der Waals surface area contributed by atoms with Crippen LogP contribution in [-0.2, 0) is 17.9 Å². The quantitative estimate of drug-likeness (QED) is 0.450. The summed E-state index contributed by atoms with van der Waals surface area (Å²) in [7, 11) is 1.66. The number of nitrogens with one attached hydrogen (secondary N) is 1. The summed E-state index contributed by atoms with van der Waals surface area (Å²) in [6.07, 6.45) is 7.49. The summed E-state index contributed by atoms with van der Waals surface area (Å²) in [6, 6.07) is 15.9. The first kappa shape index (κ1) is 22.2. The largest absolute Gasteiger partial charge is 0.497 e. The van der Waals surface area contributed by atoms with Crippen LogP contribution >= 0.6 is 0 Å². The van der Waals surface area contributed by atoms with Crippen molar-refractivity contribution in [3.63, 3.8) is 0 Å². The highest BCUT2D eigenvalue weighted by Crippen LogP contribution is 2.24. The van der Waals surface area contributed by atoms with E-state index in [0.29, 0.717) is 13.2 Å². The molecule has 0 spiro atoms. The van der Waals surface area contributed by atoms with Gasteiger partial charge in [0.1, 0.15) is 17.3 Å². The highest BCUT2D eigenvalue weighted by Gasteiger charge is 2.21. The van der Waals surface area contributed by atoms with E-state index in [1.807, 2.05) is 42.5 Å². The lowest BCUT2D eigenvalue weighted by Gasteiger charge is -2.20. The van der Waals surface area contributed by atoms with Crippen molar-refractivity contribution < 1.29 is 14.3 Å². The minimum atomic E-state index is 0.162. The first-order valence-electron chi connectivity index (χ1n) is 11.7. The lowest BCUT2D eigenvalue weighted by atomic mass is 9.89. The Hall–Kier alpha value is -3.02. The molecule has 0 saturated heterocycles. The summed E-state index contributed by atoms with van der Waals surface area (Å²) in [4.78, 5) is 17.4. The second-order valence-electron chi connectivity index (χ2n) is 8.46. The summed E-state index contributed by atoms with van der Waals surface area (Å²) in [5.41, 5.74) is 2.09. The molecule has 1 fully saturated rings. The number of methoxy groups -OCH3 is 1. The first-order chi connectivity index (χ1) is 15.7. The number of amides is 1. The number of fused-ring (bicyclic) bond motifs is 1. The van der Waals surface area contributed by atoms with E-state index in [0.717, 1.165) is 73.4 Å². The number of para-hydroxylation sites is 2. The normalized spacial score (nSPS) is 14.4. The minimum Gasteiger partial charge on any atom is -0.497 e. The number of carbonyl (C=O) groups excluding carboxylic acids is 1. The molecule has 1 N–H and O–H groups in total. The lowest BCUT2D eigenvalue weighted by molar-refractivity contribution is -0.126. The van der Waals surface area contributed by atoms with Gasteiger partial charge in [0.25, 0.3) is 0 Å². The fourth-order valence-corrected chi connectivity index (χ4v) is 4.44. The van der Waals surface area contributed by atoms with Crippen molar-refractivity contribution in [3.8, 4) is 11.5 Å². The van der Waals surface area contributed by atoms with Crippen molar-refractivity contribution in [3.05, 3.63) is 54.4 Å². The molecular formula is C26H33N3O3. The predicted octanol–water partition coefficient (Wildman–Crippen LogP) is 5.10. The van der Waals surface area contributed by atoms with Crippen molar-refractivity contribution in [1.82, 2.24) is 14.9 Å². The van der Waals surface area contributed by atoms with Gasteiger partial charge < -0.3 is 19.4 Å². The Kier molecular flexibility index (Phi) is 7.64. The topological polar surface area (TPSA) is 65.4 Å². The Morgan fingerprint density at radius 3 is 2.72 bits per heavy atom. The zero-order chi connectivity index (χ0) is 22.2. The van der Waals surface area contributed by atoms with Gasteiger partial charge in [0, 0.05) is 18.5 Å². The highest BCUT2D eigenvalue weighted by atomic mass is 16.5. The van der Waals surface area contributed by atoms with Gasteiger partial charge in [-0.05, 0) is 49.9 Å². The average Bonchev–Trinajstić information content (AvgIpc) is 3.20. The maximum atomic E-state index is 12.6. The first-order valence-corrected chi connectivity index (χ1v) is 11.7. The molecule has 32 heavy (non-hydrogen) atoms. The van der Waals surface area contributed by atoms with Gasteiger partial charge in [-0.2, -0.15) is 0 Å². The van der Waals surface area contributed by atoms with Gasteiger partial charge in [-0.25, -0.2) is 4.98 Å². The van der Waals surface area contributed by atoms with E-state index < -0.39 is 0 Å². The molecule has 0 atom stereocenters. The van der Waals surface area contributed by atoms with Crippen LogP contribution in [0.1, 0.15) is 50.8 Å². The van der Waals surface area contributed by atoms with Crippen LogP contribution in [0, 0.1) is 5.92 Å². The maximum absolute atomic E-state index is 12.6. The number of aryl methyl sites for hydroxylation is 1. The summed E-state index contributed by atoms with van der Waals surface area (Å²) in [6.45, 7) is 1.97. The van der Waals surface area contributed by atoms with Crippen LogP contribution in [0.4, 0.5) is 0 Å². The number of benzene rings is 2. The van der Waals surface area contributed by atoms with Gasteiger partial charge in [-0.1, -0.05) is 37.5 Å². The number of imidazole rings is 1. The monoisotopic (exact) mass is 435 g/mol. The summed E-state index contributed by atoms with van der Waals surface area (Å²) in [5, 5.41) is 3.15. The van der Waals surface area contributed by atoms with Gasteiger partial charge >= 0.3 is 0 Å². The molecule has 3 aromatic rings. The number of hydrogen-bond acceptors (Lipinski definition) is 4. The molecule has 1 aliphatic rings. The molecular weight excluding hydrogens is 402 g/mol. The van der Waals surface area contributed by atoms with Crippen molar-refractivity contribution in [2.45, 2.75) is 58.0 Å². The Morgan fingerprint density at radius 1 is 1.06 bits per heavy atom. The lowest BCUT2D eigenvalue weighted by Crippen LogP contribution is -2.32. The third-order valence-electron chi connectivity index (χ3n) is 6.22. The molecule has 1 aromatic heterocycles. The van der Waals surface area contributed by atoms with Gasteiger partial charge in [-0.3, -0.25) is 4.79 Å². The molecule has 6 heteroatoms. The van der Waals surface area contributed by atoms with Crippen LogP contribution in [0.15, 0.2) is 48.5 Å². The van der Waals surface area contributed by atoms with Gasteiger partial charge in [0.15, 0.2) is 0 Å². The number of aromatic nitrogens is 2. The van der Waals surface area contributed by atoms with Crippen LogP contribution in [0.2, 0.25) is 0 Å². The van der Waals surface area contributed by atoms with E-state index >= 15 is 0 Å². The number of nitrogens with zero attached hydrogens (tertiary/aromatic N) is 2. The van der Waals surface area contributed by atoms with Crippen molar-refractivity contribution >= 4 is 16.9 Å². The average molecular weight is 436 g/mol. The third kappa shape index (κ3) is 5.61. The maximum Gasteiger partial charge on any atom is 0.223 e. The Bertz CT molecular complexity index is 1020. The Labute approximate surface area is 189 Å². The smallest absolute Gasteiger partial charge is 0.223 e. The molecule has 1 heterocycles. The molecule has 0 radical (unpaired) electrons. The minimum absolute atomic E-state index is 0.162. The second kappa shape index (κ2) is 11.0. The highest BCUT2D eigenvalue weighted by molar-refractivity contribution is 5.79. The standard InChI is InChI=1S/C26H33N3O3/c1-31-21-12-9-13-22(18-21)32-17-8-7-16-29-24-15-6-5-14-23(24)28-25(29)19-27-26(30)20-10-3-2-4-11-20/h5-6,9,12-15,18,20H,2-4,7-8,10-11,16-17,19H2,1H3,(H,27,30). The molecule has 0 aliphatic heterocycles. The van der Waals surface area contributed by atoms with E-state index in [2.05, 4.69) is 16.0 Å². The van der Waals surface area contributed by atoms with Gasteiger partial charge in [0.05, 0.1) is 31.3 Å². The van der Waals surface area contributed by atoms with Crippen molar-refractivity contribution in [2.75, 3.05) is 13.7 Å². The molecule has 2 aromatic carbocycles. The zero-order valence-electron chi connectivity index (χ0n) is 18.9. The Balaban J connectivity index is 1.33. The van der Waals surface area contributed by atoms with Crippen LogP contribution < -0.4 is 14.8 Å². The van der Waals surface area contributed by atoms with Crippen LogP contribution in [0.25, 0.3) is 11.0 Å². The number of rotatable bonds is 10. The number of ether oxygens (including phenoxy) is 2. The fraction of sp³-hybridized carbons (Fsp3) is 0.462. The third-order valence-corrected chi connectivity index (χ3v) is 6.22. The van der Waals surface area contributed by atoms with E-state index in [4.69, 9.17) is 14.5 Å². The van der Waals surface area contributed by atoms with Gasteiger partial charge in [0.2, 0.25) is 5.91 Å². The molecule has 170 valence electrons. The van der Waals surface area contributed by atoms with Crippen LogP contribution in [0.3, 0.4) is 0 Å². The second-order valence-corrected chi connectivity index (χ2v) is 8.46. The van der Waals surface area contributed by atoms with Gasteiger partial charge in [-0.15, -0.1) is 0 Å². The molecule has 0 unspecified atom stereocenters. The van der Waals surface area contributed by atoms with Crippen molar-refractivity contribution in [1.29, 1.82) is 0 Å². The number of carbonyl (C=O) groups is 1. The summed E-state index contributed by atoms with van der Waals surface area (Å²) < 4.78 is 13.4. The zero-order valence-corrected chi connectivity index (χ0v) is 18.9. The molecule has 1 saturated carbocycles. The molecule has 0 bridgehead atoms. The molecule has 1 aliphatic carbocycles. The van der Waals surface area contributed by atoms with E-state index in [1.54, 1.807) is 7.11 Å². The predicted molar refractivity (Wildman–Crippen MR) is 126 cm³/mol. The van der Waals surface area contributed by atoms with Crippen molar-refractivity contribution in [2.24, 2.45) is 5.92 Å². The fourth-order valence-electron chi connectivity index (χ4n) is 4.44. The number of hydrogen-bond donors (Lipinski definition) is 1. The SMILES string of the molecule is COc1cccc(OCCCCn2c(CNC(=O)C3CCCCC3)nc3ccccc32)c1. The molecule has 1 amide bonds. The summed E-state index contributed by atoms with van der Waals surface area (Å²) in [5.74, 6) is 2.88. The Morgan fingerprint density at radius 2 is 1.88 bits per heavy atom. The van der Waals surface area contributed by atoms with E-state index in [1.165, 1.54) is 6.42 Å². The molecule has 6 nitrogen and oxygen atoms in total.